The van der Waals surface area contributed by atoms with Crippen molar-refractivity contribution in [3.8, 4) is 5.75 Å². The Morgan fingerprint density at radius 1 is 1.04 bits per heavy atom. The lowest BCUT2D eigenvalue weighted by Crippen LogP contribution is -2.45. The lowest BCUT2D eigenvalue weighted by molar-refractivity contribution is -0.274. The van der Waals surface area contributed by atoms with Crippen molar-refractivity contribution >= 4 is 11.6 Å². The highest BCUT2D eigenvalue weighted by atomic mass is 35.5. The number of nitrogens with zero attached hydrogens (tertiary/aromatic N) is 1. The molecular formula is C18H17ClF4N2O. The zero-order valence-corrected chi connectivity index (χ0v) is 14.4. The molecule has 2 aromatic rings. The molecule has 1 aliphatic heterocycles. The van der Waals surface area contributed by atoms with Crippen LogP contribution in [0.4, 0.5) is 17.6 Å². The fraction of sp³-hybridized carbons (Fsp3) is 0.333. The van der Waals surface area contributed by atoms with Crippen LogP contribution < -0.4 is 10.1 Å². The van der Waals surface area contributed by atoms with E-state index >= 15 is 0 Å². The number of hydrogen-bond acceptors (Lipinski definition) is 3. The summed E-state index contributed by atoms with van der Waals surface area (Å²) < 4.78 is 55.6. The van der Waals surface area contributed by atoms with Crippen LogP contribution in [-0.2, 0) is 0 Å². The van der Waals surface area contributed by atoms with Crippen molar-refractivity contribution in [2.24, 2.45) is 0 Å². The van der Waals surface area contributed by atoms with Gasteiger partial charge in [-0.2, -0.15) is 0 Å². The molecule has 0 amide bonds. The highest BCUT2D eigenvalue weighted by molar-refractivity contribution is 6.30. The number of nitrogens with one attached hydrogen (secondary N) is 1. The molecule has 1 N–H and O–H groups in total. The zero-order chi connectivity index (χ0) is 18.7. The molecule has 1 aliphatic rings. The van der Waals surface area contributed by atoms with E-state index in [1.165, 1.54) is 30.3 Å². The molecule has 1 fully saturated rings. The molecule has 1 heterocycles. The van der Waals surface area contributed by atoms with E-state index in [4.69, 9.17) is 11.6 Å². The van der Waals surface area contributed by atoms with Gasteiger partial charge in [0.05, 0.1) is 11.1 Å². The first-order valence-electron chi connectivity index (χ1n) is 8.09. The number of halogens is 5. The third-order valence-electron chi connectivity index (χ3n) is 4.22. The second kappa shape index (κ2) is 7.82. The number of piperazine rings is 1. The van der Waals surface area contributed by atoms with Crippen LogP contribution in [0.25, 0.3) is 0 Å². The third kappa shape index (κ3) is 4.47. The minimum Gasteiger partial charge on any atom is -0.406 e. The average Bonchev–Trinajstić information content (AvgIpc) is 2.60. The number of alkyl halides is 3. The molecule has 8 heteroatoms. The second-order valence-electron chi connectivity index (χ2n) is 5.95. The smallest absolute Gasteiger partial charge is 0.406 e. The number of benzene rings is 2. The predicted octanol–water partition coefficient (Wildman–Crippen LogP) is 4.37. The first-order chi connectivity index (χ1) is 12.3. The van der Waals surface area contributed by atoms with Crippen LogP contribution >= 0.6 is 11.6 Å². The van der Waals surface area contributed by atoms with Crippen LogP contribution in [0, 0.1) is 5.82 Å². The Hall–Kier alpha value is -1.83. The van der Waals surface area contributed by atoms with Crippen LogP contribution in [0.1, 0.15) is 17.2 Å². The molecule has 26 heavy (non-hydrogen) atoms. The summed E-state index contributed by atoms with van der Waals surface area (Å²) in [4.78, 5) is 2.07. The fourth-order valence-electron chi connectivity index (χ4n) is 3.11. The van der Waals surface area contributed by atoms with Crippen LogP contribution in [0.5, 0.6) is 5.75 Å². The predicted molar refractivity (Wildman–Crippen MR) is 90.8 cm³/mol. The van der Waals surface area contributed by atoms with Gasteiger partial charge in [-0.05, 0) is 23.8 Å². The Kier molecular flexibility index (Phi) is 5.70. The summed E-state index contributed by atoms with van der Waals surface area (Å²) in [5.41, 5.74) is 1.06. The van der Waals surface area contributed by atoms with E-state index in [0.717, 1.165) is 13.1 Å². The van der Waals surface area contributed by atoms with Crippen LogP contribution in [0.3, 0.4) is 0 Å². The molecule has 1 atom stereocenters. The summed E-state index contributed by atoms with van der Waals surface area (Å²) in [5, 5.41) is 3.24. The van der Waals surface area contributed by atoms with E-state index in [1.807, 2.05) is 0 Å². The second-order valence-corrected chi connectivity index (χ2v) is 6.36. The van der Waals surface area contributed by atoms with E-state index in [1.54, 1.807) is 12.1 Å². The Morgan fingerprint density at radius 2 is 1.69 bits per heavy atom. The molecule has 0 aromatic heterocycles. The zero-order valence-electron chi connectivity index (χ0n) is 13.7. The van der Waals surface area contributed by atoms with Gasteiger partial charge in [0.2, 0.25) is 0 Å². The lowest BCUT2D eigenvalue weighted by Gasteiger charge is -2.35. The average molecular weight is 389 g/mol. The number of rotatable bonds is 4. The van der Waals surface area contributed by atoms with Gasteiger partial charge in [-0.15, -0.1) is 13.2 Å². The molecule has 3 nitrogen and oxygen atoms in total. The maximum Gasteiger partial charge on any atom is 0.573 e. The minimum atomic E-state index is -4.75. The third-order valence-corrected chi connectivity index (χ3v) is 4.51. The van der Waals surface area contributed by atoms with E-state index in [-0.39, 0.29) is 10.8 Å². The van der Waals surface area contributed by atoms with Gasteiger partial charge in [0.1, 0.15) is 11.6 Å². The Morgan fingerprint density at radius 3 is 2.31 bits per heavy atom. The molecule has 140 valence electrons. The molecule has 0 saturated carbocycles. The van der Waals surface area contributed by atoms with Crippen molar-refractivity contribution in [2.75, 3.05) is 26.2 Å². The van der Waals surface area contributed by atoms with Gasteiger partial charge in [0, 0.05) is 31.7 Å². The quantitative estimate of drug-likeness (QED) is 0.787. The molecule has 2 aromatic carbocycles. The summed E-state index contributed by atoms with van der Waals surface area (Å²) in [6, 6.07) is 9.85. The van der Waals surface area contributed by atoms with Gasteiger partial charge in [-0.25, -0.2) is 4.39 Å². The number of ether oxygens (including phenoxy) is 1. The van der Waals surface area contributed by atoms with Crippen LogP contribution in [-0.4, -0.2) is 37.4 Å². The van der Waals surface area contributed by atoms with Crippen molar-refractivity contribution in [2.45, 2.75) is 12.4 Å². The first-order valence-corrected chi connectivity index (χ1v) is 8.47. The molecule has 0 radical (unpaired) electrons. The maximum absolute atomic E-state index is 14.6. The van der Waals surface area contributed by atoms with E-state index in [2.05, 4.69) is 15.0 Å². The molecule has 3 rings (SSSR count). The van der Waals surface area contributed by atoms with Crippen molar-refractivity contribution in [1.82, 2.24) is 10.2 Å². The minimum absolute atomic E-state index is 0.0136. The van der Waals surface area contributed by atoms with E-state index < -0.39 is 18.2 Å². The lowest BCUT2D eigenvalue weighted by atomic mass is 9.96. The molecule has 0 bridgehead atoms. The first kappa shape index (κ1) is 18.9. The van der Waals surface area contributed by atoms with Gasteiger partial charge in [0.15, 0.2) is 0 Å². The van der Waals surface area contributed by atoms with Crippen molar-refractivity contribution in [3.05, 3.63) is 64.4 Å². The normalized spacial score (nSPS) is 17.1. The summed E-state index contributed by atoms with van der Waals surface area (Å²) in [7, 11) is 0. The van der Waals surface area contributed by atoms with Gasteiger partial charge < -0.3 is 10.1 Å². The van der Waals surface area contributed by atoms with Gasteiger partial charge in [0.25, 0.3) is 0 Å². The summed E-state index contributed by atoms with van der Waals surface area (Å²) >= 11 is 5.93. The Balaban J connectivity index is 1.96. The molecular weight excluding hydrogens is 372 g/mol. The highest BCUT2D eigenvalue weighted by Gasteiger charge is 2.31. The van der Waals surface area contributed by atoms with E-state index in [9.17, 15) is 17.6 Å². The highest BCUT2D eigenvalue weighted by Crippen LogP contribution is 2.34. The molecule has 1 saturated heterocycles. The Labute approximate surface area is 153 Å². The molecule has 0 unspecified atom stereocenters. The van der Waals surface area contributed by atoms with E-state index in [0.29, 0.717) is 24.2 Å². The SMILES string of the molecule is Fc1c(Cl)cccc1[C@@H](c1ccc(OC(F)(F)F)cc1)N1CCNCC1. The van der Waals surface area contributed by atoms with Crippen molar-refractivity contribution in [3.63, 3.8) is 0 Å². The number of hydrogen-bond donors (Lipinski definition) is 1. The van der Waals surface area contributed by atoms with Crippen LogP contribution in [0.15, 0.2) is 42.5 Å². The van der Waals surface area contributed by atoms with Crippen LogP contribution in [0.2, 0.25) is 5.02 Å². The topological polar surface area (TPSA) is 24.5 Å². The van der Waals surface area contributed by atoms with Crippen molar-refractivity contribution < 1.29 is 22.3 Å². The standard InChI is InChI=1S/C18H17ClF4N2O/c19-15-3-1-2-14(16(15)20)17(25-10-8-24-9-11-25)12-4-6-13(7-5-12)26-18(21,22)23/h1-7,17,24H,8-11H2/t17-/m1/s1. The largest absolute Gasteiger partial charge is 0.573 e. The monoisotopic (exact) mass is 388 g/mol. The summed E-state index contributed by atoms with van der Waals surface area (Å²) in [5.74, 6) is -0.833. The fourth-order valence-corrected chi connectivity index (χ4v) is 3.29. The van der Waals surface area contributed by atoms with Gasteiger partial charge in [-0.3, -0.25) is 4.90 Å². The molecule has 0 spiro atoms. The Bertz CT molecular complexity index is 746. The summed E-state index contributed by atoms with van der Waals surface area (Å²) in [6.07, 6.45) is -4.75. The van der Waals surface area contributed by atoms with Gasteiger partial charge >= 0.3 is 6.36 Å². The summed E-state index contributed by atoms with van der Waals surface area (Å²) in [6.45, 7) is 2.84. The van der Waals surface area contributed by atoms with Crippen molar-refractivity contribution in [1.29, 1.82) is 0 Å². The maximum atomic E-state index is 14.6. The van der Waals surface area contributed by atoms with Gasteiger partial charge in [-0.1, -0.05) is 35.9 Å². The molecule has 0 aliphatic carbocycles.